The summed E-state index contributed by atoms with van der Waals surface area (Å²) in [5.74, 6) is 0. The first-order valence-electron chi connectivity index (χ1n) is 16.2. The average molecular weight is 604 g/mol. The van der Waals surface area contributed by atoms with E-state index in [9.17, 15) is 0 Å². The fraction of sp³-hybridized carbons (Fsp3) is 0.0455. The smallest absolute Gasteiger partial charge is 0.0541 e. The van der Waals surface area contributed by atoms with E-state index in [2.05, 4.69) is 173 Å². The Morgan fingerprint density at radius 2 is 0.894 bits per heavy atom. The van der Waals surface area contributed by atoms with E-state index >= 15 is 0 Å². The monoisotopic (exact) mass is 603 g/mol. The molecule has 9 rings (SSSR count). The van der Waals surface area contributed by atoms with Crippen LogP contribution in [0, 0.1) is 0 Å². The van der Waals surface area contributed by atoms with Crippen molar-refractivity contribution in [2.45, 2.75) is 12.5 Å². The summed E-state index contributed by atoms with van der Waals surface area (Å²) < 4.78 is 4.76. The molecule has 2 N–H and O–H groups in total. The summed E-state index contributed by atoms with van der Waals surface area (Å²) in [6.07, 6.45) is 0.780. The molecule has 0 aliphatic rings. The molecule has 0 aliphatic heterocycles. The van der Waals surface area contributed by atoms with Crippen LogP contribution in [0.1, 0.15) is 17.2 Å². The molecule has 0 unspecified atom stereocenters. The van der Waals surface area contributed by atoms with E-state index in [4.69, 9.17) is 5.73 Å². The lowest BCUT2D eigenvalue weighted by atomic mass is 9.99. The predicted molar refractivity (Wildman–Crippen MR) is 198 cm³/mol. The van der Waals surface area contributed by atoms with Crippen molar-refractivity contribution in [2.75, 3.05) is 0 Å². The van der Waals surface area contributed by atoms with Gasteiger partial charge in [0.25, 0.3) is 0 Å². The number of hydrogen-bond acceptors (Lipinski definition) is 1. The summed E-state index contributed by atoms with van der Waals surface area (Å²) in [7, 11) is 0. The van der Waals surface area contributed by atoms with Crippen LogP contribution in [-0.4, -0.2) is 9.13 Å². The van der Waals surface area contributed by atoms with Gasteiger partial charge >= 0.3 is 0 Å². The van der Waals surface area contributed by atoms with Crippen LogP contribution in [0.2, 0.25) is 0 Å². The van der Waals surface area contributed by atoms with Crippen molar-refractivity contribution in [3.63, 3.8) is 0 Å². The maximum Gasteiger partial charge on any atom is 0.0541 e. The van der Waals surface area contributed by atoms with Gasteiger partial charge in [0, 0.05) is 39.0 Å². The van der Waals surface area contributed by atoms with Gasteiger partial charge in [-0.05, 0) is 89.3 Å². The first kappa shape index (κ1) is 27.4. The van der Waals surface area contributed by atoms with Crippen LogP contribution < -0.4 is 5.73 Å². The van der Waals surface area contributed by atoms with Crippen molar-refractivity contribution in [3.8, 4) is 22.5 Å². The first-order valence-corrected chi connectivity index (χ1v) is 16.2. The lowest BCUT2D eigenvalue weighted by Crippen LogP contribution is -2.13. The van der Waals surface area contributed by atoms with Crippen LogP contribution in [0.4, 0.5) is 0 Å². The highest BCUT2D eigenvalue weighted by Gasteiger charge is 2.16. The highest BCUT2D eigenvalue weighted by Crippen LogP contribution is 2.38. The van der Waals surface area contributed by atoms with Gasteiger partial charge in [-0.15, -0.1) is 0 Å². The molecule has 7 aromatic carbocycles. The molecule has 224 valence electrons. The van der Waals surface area contributed by atoms with Gasteiger partial charge in [0.15, 0.2) is 0 Å². The fourth-order valence-electron chi connectivity index (χ4n) is 7.33. The molecule has 0 bridgehead atoms. The van der Waals surface area contributed by atoms with E-state index in [-0.39, 0.29) is 6.04 Å². The normalized spacial score (nSPS) is 12.4. The molecular formula is C44H33N3. The Labute approximate surface area is 273 Å². The van der Waals surface area contributed by atoms with Crippen LogP contribution in [0.15, 0.2) is 170 Å². The summed E-state index contributed by atoms with van der Waals surface area (Å²) in [4.78, 5) is 0. The van der Waals surface area contributed by atoms with Crippen molar-refractivity contribution >= 4 is 43.6 Å². The maximum absolute atomic E-state index is 6.64. The lowest BCUT2D eigenvalue weighted by molar-refractivity contribution is 0.721. The van der Waals surface area contributed by atoms with Crippen molar-refractivity contribution in [3.05, 3.63) is 181 Å². The standard InChI is InChI=1S/C44H33N3/c45-40(31-13-3-1-4-14-31)27-30-12-11-17-35(26-30)47-42-21-10-8-19-37(42)39-29-33(23-25-44(39)47)32-22-24-43-38(28-32)36-18-7-9-20-41(36)46(43)34-15-5-2-6-16-34/h1-26,28-29,40H,27,45H2/t40-/m1/s1. The Morgan fingerprint density at radius 1 is 0.404 bits per heavy atom. The average Bonchev–Trinajstić information content (AvgIpc) is 3.65. The number of aromatic nitrogens is 2. The Bertz CT molecular complexity index is 2560. The highest BCUT2D eigenvalue weighted by atomic mass is 15.0. The molecule has 47 heavy (non-hydrogen) atoms. The predicted octanol–water partition coefficient (Wildman–Crippen LogP) is 10.8. The molecule has 2 heterocycles. The van der Waals surface area contributed by atoms with Gasteiger partial charge in [-0.1, -0.05) is 109 Å². The SMILES string of the molecule is N[C@H](Cc1cccc(-n2c3ccccc3c3cc(-c4ccc5c(c4)c4ccccc4n5-c4ccccc4)ccc32)c1)c1ccccc1. The Morgan fingerprint density at radius 3 is 1.51 bits per heavy atom. The molecule has 0 aliphatic carbocycles. The van der Waals surface area contributed by atoms with Crippen LogP contribution in [-0.2, 0) is 6.42 Å². The zero-order chi connectivity index (χ0) is 31.3. The van der Waals surface area contributed by atoms with Crippen molar-refractivity contribution < 1.29 is 0 Å². The van der Waals surface area contributed by atoms with Crippen molar-refractivity contribution in [1.29, 1.82) is 0 Å². The van der Waals surface area contributed by atoms with Gasteiger partial charge in [-0.25, -0.2) is 0 Å². The molecule has 0 saturated carbocycles. The quantitative estimate of drug-likeness (QED) is 0.202. The van der Waals surface area contributed by atoms with E-state index in [0.717, 1.165) is 17.7 Å². The summed E-state index contributed by atoms with van der Waals surface area (Å²) in [5, 5.41) is 5.02. The minimum absolute atomic E-state index is 0.0498. The van der Waals surface area contributed by atoms with Crippen molar-refractivity contribution in [1.82, 2.24) is 9.13 Å². The lowest BCUT2D eigenvalue weighted by Gasteiger charge is -2.14. The largest absolute Gasteiger partial charge is 0.324 e. The first-order chi connectivity index (χ1) is 23.2. The number of fused-ring (bicyclic) bond motifs is 6. The number of benzene rings is 7. The minimum Gasteiger partial charge on any atom is -0.324 e. The molecule has 0 saturated heterocycles. The molecule has 0 fully saturated rings. The fourth-order valence-corrected chi connectivity index (χ4v) is 7.33. The van der Waals surface area contributed by atoms with Crippen LogP contribution in [0.5, 0.6) is 0 Å². The second kappa shape index (κ2) is 11.2. The number of rotatable bonds is 6. The van der Waals surface area contributed by atoms with Gasteiger partial charge < -0.3 is 14.9 Å². The molecule has 2 aromatic heterocycles. The van der Waals surface area contributed by atoms with Gasteiger partial charge in [-0.2, -0.15) is 0 Å². The van der Waals surface area contributed by atoms with Gasteiger partial charge in [0.1, 0.15) is 0 Å². The number of nitrogens with zero attached hydrogens (tertiary/aromatic N) is 2. The van der Waals surface area contributed by atoms with Crippen LogP contribution in [0.3, 0.4) is 0 Å². The second-order valence-electron chi connectivity index (χ2n) is 12.4. The Hall–Kier alpha value is -5.90. The molecule has 3 heteroatoms. The Balaban J connectivity index is 1.16. The summed E-state index contributed by atoms with van der Waals surface area (Å²) in [5.41, 5.74) is 18.6. The number of para-hydroxylation sites is 3. The second-order valence-corrected chi connectivity index (χ2v) is 12.4. The third-order valence-corrected chi connectivity index (χ3v) is 9.54. The minimum atomic E-state index is -0.0498. The van der Waals surface area contributed by atoms with Gasteiger partial charge in [0.2, 0.25) is 0 Å². The molecule has 3 nitrogen and oxygen atoms in total. The van der Waals surface area contributed by atoms with E-state index in [1.54, 1.807) is 0 Å². The maximum atomic E-state index is 6.64. The van der Waals surface area contributed by atoms with Gasteiger partial charge in [-0.3, -0.25) is 0 Å². The number of hydrogen-bond donors (Lipinski definition) is 1. The highest BCUT2D eigenvalue weighted by molar-refractivity contribution is 6.12. The molecule has 9 aromatic rings. The van der Waals surface area contributed by atoms with Crippen LogP contribution >= 0.6 is 0 Å². The van der Waals surface area contributed by atoms with E-state index in [1.165, 1.54) is 66.0 Å². The van der Waals surface area contributed by atoms with Gasteiger partial charge in [0.05, 0.1) is 22.1 Å². The van der Waals surface area contributed by atoms with E-state index < -0.39 is 0 Å². The molecule has 1 atom stereocenters. The summed E-state index contributed by atoms with van der Waals surface area (Å²) in [6, 6.07) is 61.0. The molecule has 0 radical (unpaired) electrons. The van der Waals surface area contributed by atoms with E-state index in [0.29, 0.717) is 0 Å². The third kappa shape index (κ3) is 4.63. The van der Waals surface area contributed by atoms with Crippen molar-refractivity contribution in [2.24, 2.45) is 5.73 Å². The summed E-state index contributed by atoms with van der Waals surface area (Å²) in [6.45, 7) is 0. The zero-order valence-corrected chi connectivity index (χ0v) is 25.9. The molecular weight excluding hydrogens is 571 g/mol. The molecule has 0 amide bonds. The zero-order valence-electron chi connectivity index (χ0n) is 25.9. The summed E-state index contributed by atoms with van der Waals surface area (Å²) >= 11 is 0. The number of nitrogens with two attached hydrogens (primary N) is 1. The Kier molecular flexibility index (Phi) is 6.51. The molecule has 0 spiro atoms. The topological polar surface area (TPSA) is 35.9 Å². The third-order valence-electron chi connectivity index (χ3n) is 9.54. The van der Waals surface area contributed by atoms with E-state index in [1.807, 2.05) is 6.07 Å². The van der Waals surface area contributed by atoms with Crippen LogP contribution in [0.25, 0.3) is 66.1 Å².